The molecule has 0 radical (unpaired) electrons. The summed E-state index contributed by atoms with van der Waals surface area (Å²) in [5.74, 6) is 0. The van der Waals surface area contributed by atoms with Crippen molar-refractivity contribution < 1.29 is 4.40 Å². The Balaban J connectivity index is 2.51. The maximum atomic E-state index is 2.25. The average molecular weight is 208 g/mol. The molecule has 16 heavy (non-hydrogen) atoms. The van der Waals surface area contributed by atoms with Crippen molar-refractivity contribution in [2.24, 2.45) is 0 Å². The molecule has 2 heterocycles. The van der Waals surface area contributed by atoms with Gasteiger partial charge in [-0.3, -0.25) is 0 Å². The molecule has 0 amide bonds. The number of aromatic nitrogens is 1. The van der Waals surface area contributed by atoms with Crippen molar-refractivity contribution in [3.05, 3.63) is 59.9 Å². The van der Waals surface area contributed by atoms with Crippen molar-refractivity contribution in [3.63, 3.8) is 0 Å². The van der Waals surface area contributed by atoms with Crippen LogP contribution in [0, 0.1) is 13.8 Å². The van der Waals surface area contributed by atoms with E-state index < -0.39 is 0 Å². The summed E-state index contributed by atoms with van der Waals surface area (Å²) in [6.07, 6.45) is 4.29. The molecule has 3 rings (SSSR count). The molecule has 3 aromatic rings. The van der Waals surface area contributed by atoms with E-state index in [0.717, 1.165) is 0 Å². The summed E-state index contributed by atoms with van der Waals surface area (Å²) in [5.41, 5.74) is 3.91. The van der Waals surface area contributed by atoms with Gasteiger partial charge in [0.1, 0.15) is 0 Å². The lowest BCUT2D eigenvalue weighted by atomic mass is 10.0. The zero-order valence-electron chi connectivity index (χ0n) is 9.57. The number of benzene rings is 1. The van der Waals surface area contributed by atoms with E-state index in [4.69, 9.17) is 0 Å². The molecule has 1 heteroatoms. The highest BCUT2D eigenvalue weighted by Gasteiger charge is 2.06. The van der Waals surface area contributed by atoms with Gasteiger partial charge in [-0.1, -0.05) is 11.6 Å². The first kappa shape index (κ1) is 9.34. The summed E-state index contributed by atoms with van der Waals surface area (Å²) in [6, 6.07) is 13.0. The summed E-state index contributed by atoms with van der Waals surface area (Å²) in [6.45, 7) is 4.32. The Morgan fingerprint density at radius 3 is 2.75 bits per heavy atom. The van der Waals surface area contributed by atoms with Crippen LogP contribution in [0.2, 0.25) is 0 Å². The molecule has 0 atom stereocenters. The van der Waals surface area contributed by atoms with Crippen LogP contribution in [0.4, 0.5) is 0 Å². The van der Waals surface area contributed by atoms with E-state index in [1.54, 1.807) is 0 Å². The SMILES string of the molecule is Cc1cc(C)c2cc3cccc[n+]3cc2c1. The molecule has 0 unspecified atom stereocenters. The van der Waals surface area contributed by atoms with E-state index in [2.05, 4.69) is 67.0 Å². The first-order chi connectivity index (χ1) is 7.74. The van der Waals surface area contributed by atoms with Crippen LogP contribution in [0.25, 0.3) is 16.3 Å². The maximum Gasteiger partial charge on any atom is 0.211 e. The van der Waals surface area contributed by atoms with Crippen LogP contribution in [-0.2, 0) is 0 Å². The average Bonchev–Trinajstić information content (AvgIpc) is 2.27. The van der Waals surface area contributed by atoms with Crippen molar-refractivity contribution in [2.75, 3.05) is 0 Å². The highest BCUT2D eigenvalue weighted by atomic mass is 14.8. The zero-order chi connectivity index (χ0) is 11.1. The lowest BCUT2D eigenvalue weighted by Crippen LogP contribution is -2.19. The van der Waals surface area contributed by atoms with Crippen LogP contribution < -0.4 is 4.40 Å². The van der Waals surface area contributed by atoms with Gasteiger partial charge in [0.25, 0.3) is 0 Å². The minimum Gasteiger partial charge on any atom is -0.167 e. The van der Waals surface area contributed by atoms with Gasteiger partial charge in [-0.15, -0.1) is 0 Å². The van der Waals surface area contributed by atoms with Gasteiger partial charge in [0, 0.05) is 23.6 Å². The van der Waals surface area contributed by atoms with Gasteiger partial charge < -0.3 is 0 Å². The monoisotopic (exact) mass is 208 g/mol. The number of hydrogen-bond donors (Lipinski definition) is 0. The quantitative estimate of drug-likeness (QED) is 0.394. The Hall–Kier alpha value is -1.89. The number of rotatable bonds is 0. The first-order valence-electron chi connectivity index (χ1n) is 5.55. The Morgan fingerprint density at radius 1 is 1.00 bits per heavy atom. The molecule has 0 aliphatic heterocycles. The van der Waals surface area contributed by atoms with E-state index in [1.165, 1.54) is 27.4 Å². The van der Waals surface area contributed by atoms with Gasteiger partial charge >= 0.3 is 0 Å². The Kier molecular flexibility index (Phi) is 1.93. The third kappa shape index (κ3) is 1.36. The molecule has 1 aromatic carbocycles. The van der Waals surface area contributed by atoms with Gasteiger partial charge in [-0.25, -0.2) is 0 Å². The number of nitrogens with zero attached hydrogens (tertiary/aromatic N) is 1. The smallest absolute Gasteiger partial charge is 0.167 e. The molecule has 0 fully saturated rings. The van der Waals surface area contributed by atoms with Crippen LogP contribution in [0.1, 0.15) is 11.1 Å². The minimum atomic E-state index is 1.24. The Bertz CT molecular complexity index is 683. The molecule has 0 aliphatic rings. The summed E-state index contributed by atoms with van der Waals surface area (Å²) >= 11 is 0. The standard InChI is InChI=1S/C15H14N/c1-11-7-12(2)15-9-14-5-3-4-6-16(14)10-13(15)8-11/h3-10H,1-2H3/q+1. The first-order valence-corrected chi connectivity index (χ1v) is 5.55. The molecule has 0 aliphatic carbocycles. The van der Waals surface area contributed by atoms with Crippen molar-refractivity contribution in [1.29, 1.82) is 0 Å². The molecule has 78 valence electrons. The normalized spacial score (nSPS) is 11.1. The van der Waals surface area contributed by atoms with Crippen LogP contribution in [-0.4, -0.2) is 0 Å². The zero-order valence-corrected chi connectivity index (χ0v) is 9.57. The van der Waals surface area contributed by atoms with Gasteiger partial charge in [-0.2, -0.15) is 4.40 Å². The van der Waals surface area contributed by atoms with Gasteiger partial charge in [-0.05, 0) is 36.9 Å². The van der Waals surface area contributed by atoms with Crippen LogP contribution >= 0.6 is 0 Å². The van der Waals surface area contributed by atoms with E-state index in [9.17, 15) is 0 Å². The largest absolute Gasteiger partial charge is 0.211 e. The second-order valence-corrected chi connectivity index (χ2v) is 4.39. The van der Waals surface area contributed by atoms with Crippen molar-refractivity contribution in [1.82, 2.24) is 0 Å². The molecular weight excluding hydrogens is 194 g/mol. The van der Waals surface area contributed by atoms with Gasteiger partial charge in [0.05, 0.1) is 0 Å². The van der Waals surface area contributed by atoms with Crippen LogP contribution in [0.15, 0.2) is 48.8 Å². The van der Waals surface area contributed by atoms with Crippen molar-refractivity contribution >= 4 is 16.3 Å². The predicted molar refractivity (Wildman–Crippen MR) is 66.6 cm³/mol. The molecule has 0 N–H and O–H groups in total. The molecule has 0 saturated heterocycles. The van der Waals surface area contributed by atoms with E-state index in [0.29, 0.717) is 0 Å². The van der Waals surface area contributed by atoms with Gasteiger partial charge in [0.2, 0.25) is 5.52 Å². The predicted octanol–water partition coefficient (Wildman–Crippen LogP) is 3.20. The number of hydrogen-bond acceptors (Lipinski definition) is 0. The summed E-state index contributed by atoms with van der Waals surface area (Å²) in [4.78, 5) is 0. The van der Waals surface area contributed by atoms with E-state index >= 15 is 0 Å². The summed E-state index contributed by atoms with van der Waals surface area (Å²) in [5, 5.41) is 2.65. The van der Waals surface area contributed by atoms with Gasteiger partial charge in [0.15, 0.2) is 12.4 Å². The third-order valence-electron chi connectivity index (χ3n) is 3.06. The number of aryl methyl sites for hydroxylation is 2. The van der Waals surface area contributed by atoms with Crippen molar-refractivity contribution in [3.8, 4) is 0 Å². The summed E-state index contributed by atoms with van der Waals surface area (Å²) < 4.78 is 2.17. The highest BCUT2D eigenvalue weighted by molar-refractivity contribution is 5.87. The second-order valence-electron chi connectivity index (χ2n) is 4.39. The molecular formula is C15H14N+. The van der Waals surface area contributed by atoms with Crippen LogP contribution in [0.5, 0.6) is 0 Å². The molecule has 2 aromatic heterocycles. The number of fused-ring (bicyclic) bond motifs is 2. The lowest BCUT2D eigenvalue weighted by molar-refractivity contribution is -0.510. The lowest BCUT2D eigenvalue weighted by Gasteiger charge is -2.02. The van der Waals surface area contributed by atoms with E-state index in [1.807, 2.05) is 0 Å². The maximum absolute atomic E-state index is 2.25. The second kappa shape index (κ2) is 3.31. The third-order valence-corrected chi connectivity index (χ3v) is 3.06. The Labute approximate surface area is 95.0 Å². The molecule has 0 saturated carbocycles. The molecule has 0 bridgehead atoms. The number of pyridine rings is 2. The van der Waals surface area contributed by atoms with Crippen molar-refractivity contribution in [2.45, 2.75) is 13.8 Å². The van der Waals surface area contributed by atoms with E-state index in [-0.39, 0.29) is 0 Å². The fraction of sp³-hybridized carbons (Fsp3) is 0.133. The fourth-order valence-corrected chi connectivity index (χ4v) is 2.32. The minimum absolute atomic E-state index is 1.24. The summed E-state index contributed by atoms with van der Waals surface area (Å²) in [7, 11) is 0. The Morgan fingerprint density at radius 2 is 1.88 bits per heavy atom. The fourth-order valence-electron chi connectivity index (χ4n) is 2.32. The molecule has 1 nitrogen and oxygen atoms in total. The highest BCUT2D eigenvalue weighted by Crippen LogP contribution is 2.20. The van der Waals surface area contributed by atoms with Crippen LogP contribution in [0.3, 0.4) is 0 Å². The topological polar surface area (TPSA) is 4.10 Å². The molecule has 0 spiro atoms.